The van der Waals surface area contributed by atoms with Gasteiger partial charge in [-0.15, -0.1) is 0 Å². The second kappa shape index (κ2) is 6.86. The largest absolute Gasteiger partial charge is 0.473 e. The van der Waals surface area contributed by atoms with E-state index in [2.05, 4.69) is 9.97 Å². The molecular weight excluding hydrogens is 308 g/mol. The van der Waals surface area contributed by atoms with Crippen LogP contribution in [0.15, 0.2) is 18.6 Å². The molecule has 0 aliphatic carbocycles. The van der Waals surface area contributed by atoms with Crippen LogP contribution in [0.4, 0.5) is 0 Å². The Labute approximate surface area is 130 Å². The van der Waals surface area contributed by atoms with Crippen molar-refractivity contribution in [1.82, 2.24) is 18.6 Å². The molecule has 1 aromatic rings. The number of hydrogen-bond acceptors (Lipinski definition) is 6. The molecule has 0 saturated carbocycles. The molecule has 2 fully saturated rings. The normalized spacial score (nSPS) is 22.5. The third-order valence-corrected chi connectivity index (χ3v) is 5.89. The van der Waals surface area contributed by atoms with Crippen molar-refractivity contribution in [3.63, 3.8) is 0 Å². The summed E-state index contributed by atoms with van der Waals surface area (Å²) < 4.78 is 39.1. The molecule has 3 rings (SSSR count). The Hall–Kier alpha value is -1.29. The van der Waals surface area contributed by atoms with Crippen molar-refractivity contribution in [2.45, 2.75) is 18.9 Å². The molecule has 9 heteroatoms. The van der Waals surface area contributed by atoms with Crippen molar-refractivity contribution in [1.29, 1.82) is 0 Å². The van der Waals surface area contributed by atoms with Gasteiger partial charge in [0, 0.05) is 38.6 Å². The quantitative estimate of drug-likeness (QED) is 0.767. The van der Waals surface area contributed by atoms with Crippen LogP contribution in [0.1, 0.15) is 12.8 Å². The Balaban J connectivity index is 1.54. The highest BCUT2D eigenvalue weighted by atomic mass is 32.2. The summed E-state index contributed by atoms with van der Waals surface area (Å²) in [5.74, 6) is 0.483. The van der Waals surface area contributed by atoms with Gasteiger partial charge in [-0.3, -0.25) is 4.98 Å². The van der Waals surface area contributed by atoms with Crippen molar-refractivity contribution in [3.8, 4) is 5.88 Å². The molecule has 2 aliphatic heterocycles. The van der Waals surface area contributed by atoms with Crippen molar-refractivity contribution in [2.75, 3.05) is 39.4 Å². The average molecular weight is 328 g/mol. The second-order valence-electron chi connectivity index (χ2n) is 5.28. The molecule has 1 aromatic heterocycles. The number of aromatic nitrogens is 2. The third-order valence-electron chi connectivity index (χ3n) is 3.85. The fourth-order valence-corrected chi connectivity index (χ4v) is 4.25. The Morgan fingerprint density at radius 3 is 2.41 bits per heavy atom. The lowest BCUT2D eigenvalue weighted by Crippen LogP contribution is -2.51. The summed E-state index contributed by atoms with van der Waals surface area (Å²) >= 11 is 0. The molecule has 22 heavy (non-hydrogen) atoms. The van der Waals surface area contributed by atoms with E-state index in [0.717, 1.165) is 0 Å². The maximum atomic E-state index is 12.5. The smallest absolute Gasteiger partial charge is 0.282 e. The molecule has 0 N–H and O–H groups in total. The van der Waals surface area contributed by atoms with Gasteiger partial charge in [0.1, 0.15) is 6.10 Å². The third kappa shape index (κ3) is 3.54. The molecule has 3 heterocycles. The summed E-state index contributed by atoms with van der Waals surface area (Å²) in [6.45, 7) is 2.71. The van der Waals surface area contributed by atoms with Gasteiger partial charge in [-0.1, -0.05) is 0 Å². The fourth-order valence-electron chi connectivity index (χ4n) is 2.64. The van der Waals surface area contributed by atoms with Gasteiger partial charge in [-0.25, -0.2) is 4.98 Å². The van der Waals surface area contributed by atoms with Crippen molar-refractivity contribution >= 4 is 10.2 Å². The lowest BCUT2D eigenvalue weighted by molar-refractivity contribution is 0.0675. The van der Waals surface area contributed by atoms with Gasteiger partial charge in [0.2, 0.25) is 5.88 Å². The summed E-state index contributed by atoms with van der Waals surface area (Å²) in [6, 6.07) is 0. The van der Waals surface area contributed by atoms with E-state index in [1.165, 1.54) is 8.61 Å². The van der Waals surface area contributed by atoms with Crippen LogP contribution in [0.2, 0.25) is 0 Å². The van der Waals surface area contributed by atoms with E-state index in [1.54, 1.807) is 18.6 Å². The molecule has 0 atom stereocenters. The van der Waals surface area contributed by atoms with Crippen molar-refractivity contribution < 1.29 is 17.9 Å². The second-order valence-corrected chi connectivity index (χ2v) is 7.21. The minimum Gasteiger partial charge on any atom is -0.473 e. The van der Waals surface area contributed by atoms with Gasteiger partial charge in [-0.2, -0.15) is 17.0 Å². The maximum Gasteiger partial charge on any atom is 0.282 e. The first-order valence-corrected chi connectivity index (χ1v) is 8.81. The number of nitrogens with zero attached hydrogens (tertiary/aromatic N) is 4. The Morgan fingerprint density at radius 1 is 1.09 bits per heavy atom. The van der Waals surface area contributed by atoms with Crippen LogP contribution >= 0.6 is 0 Å². The number of hydrogen-bond donors (Lipinski definition) is 0. The minimum atomic E-state index is -3.38. The monoisotopic (exact) mass is 328 g/mol. The minimum absolute atomic E-state index is 0.0205. The van der Waals surface area contributed by atoms with Crippen LogP contribution in [0.5, 0.6) is 5.88 Å². The van der Waals surface area contributed by atoms with Crippen molar-refractivity contribution in [3.05, 3.63) is 18.6 Å². The summed E-state index contributed by atoms with van der Waals surface area (Å²) in [5, 5.41) is 0. The highest BCUT2D eigenvalue weighted by Crippen LogP contribution is 2.20. The van der Waals surface area contributed by atoms with Gasteiger partial charge in [0.25, 0.3) is 10.2 Å². The van der Waals surface area contributed by atoms with Gasteiger partial charge in [-0.05, 0) is 12.8 Å². The zero-order chi connectivity index (χ0) is 15.4. The highest BCUT2D eigenvalue weighted by molar-refractivity contribution is 7.86. The first-order chi connectivity index (χ1) is 10.7. The first kappa shape index (κ1) is 15.6. The van der Waals surface area contributed by atoms with Crippen LogP contribution in [0.25, 0.3) is 0 Å². The maximum absolute atomic E-state index is 12.5. The van der Waals surface area contributed by atoms with E-state index < -0.39 is 10.2 Å². The van der Waals surface area contributed by atoms with Crippen molar-refractivity contribution in [2.24, 2.45) is 0 Å². The summed E-state index contributed by atoms with van der Waals surface area (Å²) in [6.07, 6.45) is 6.02. The molecule has 0 radical (unpaired) electrons. The lowest BCUT2D eigenvalue weighted by Gasteiger charge is -2.35. The Morgan fingerprint density at radius 2 is 1.77 bits per heavy atom. The van der Waals surface area contributed by atoms with E-state index in [9.17, 15) is 8.42 Å². The zero-order valence-electron chi connectivity index (χ0n) is 12.3. The predicted octanol–water partition coefficient (Wildman–Crippen LogP) is -0.103. The van der Waals surface area contributed by atoms with Gasteiger partial charge < -0.3 is 9.47 Å². The molecular formula is C13H20N4O4S. The highest BCUT2D eigenvalue weighted by Gasteiger charge is 2.34. The van der Waals surface area contributed by atoms with Gasteiger partial charge >= 0.3 is 0 Å². The van der Waals surface area contributed by atoms with Crippen LogP contribution < -0.4 is 4.74 Å². The van der Waals surface area contributed by atoms with Crippen LogP contribution in [0, 0.1) is 0 Å². The van der Waals surface area contributed by atoms with Crippen LogP contribution in [-0.2, 0) is 14.9 Å². The predicted molar refractivity (Wildman–Crippen MR) is 78.6 cm³/mol. The van der Waals surface area contributed by atoms with E-state index in [-0.39, 0.29) is 6.10 Å². The SMILES string of the molecule is O=S(=O)(N1CCOCC1)N1CCC(Oc2cnccn2)CC1. The van der Waals surface area contributed by atoms with E-state index in [4.69, 9.17) is 9.47 Å². The molecule has 122 valence electrons. The number of ether oxygens (including phenoxy) is 2. The van der Waals surface area contributed by atoms with E-state index in [1.807, 2.05) is 0 Å². The van der Waals surface area contributed by atoms with Crippen LogP contribution in [-0.4, -0.2) is 72.5 Å². The standard InChI is InChI=1S/C13H20N4O4S/c18-22(19,17-7-9-20-10-8-17)16-5-1-12(2-6-16)21-13-11-14-3-4-15-13/h3-4,11-12H,1-2,5-10H2. The summed E-state index contributed by atoms with van der Waals surface area (Å²) in [5.41, 5.74) is 0. The number of piperidine rings is 1. The van der Waals surface area contributed by atoms with Gasteiger partial charge in [0.15, 0.2) is 0 Å². The molecule has 0 bridgehead atoms. The lowest BCUT2D eigenvalue weighted by atomic mass is 10.1. The Bertz CT molecular complexity index is 569. The molecule has 2 aliphatic rings. The molecule has 0 aromatic carbocycles. The van der Waals surface area contributed by atoms with E-state index in [0.29, 0.717) is 58.1 Å². The average Bonchev–Trinajstić information content (AvgIpc) is 2.57. The molecule has 0 unspecified atom stereocenters. The Kier molecular flexibility index (Phi) is 4.87. The molecule has 8 nitrogen and oxygen atoms in total. The summed E-state index contributed by atoms with van der Waals surface area (Å²) in [7, 11) is -3.38. The van der Waals surface area contributed by atoms with Crippen LogP contribution in [0.3, 0.4) is 0 Å². The summed E-state index contributed by atoms with van der Waals surface area (Å²) in [4.78, 5) is 8.03. The zero-order valence-corrected chi connectivity index (χ0v) is 13.1. The fraction of sp³-hybridized carbons (Fsp3) is 0.692. The first-order valence-electron chi connectivity index (χ1n) is 7.42. The molecule has 0 amide bonds. The number of morpholine rings is 1. The molecule has 2 saturated heterocycles. The molecule has 0 spiro atoms. The van der Waals surface area contributed by atoms with E-state index >= 15 is 0 Å². The topological polar surface area (TPSA) is 84.9 Å². The van der Waals surface area contributed by atoms with Gasteiger partial charge in [0.05, 0.1) is 19.4 Å². The number of rotatable bonds is 4.